The Hall–Kier alpha value is -2.83. The Labute approximate surface area is 222 Å². The molecular weight excluding hydrogens is 546 g/mol. The summed E-state index contributed by atoms with van der Waals surface area (Å²) in [5, 5.41) is 17.9. The van der Waals surface area contributed by atoms with E-state index in [1.165, 1.54) is 4.90 Å². The quantitative estimate of drug-likeness (QED) is 0.253. The zero-order chi connectivity index (χ0) is 26.3. The van der Waals surface area contributed by atoms with E-state index in [9.17, 15) is 19.5 Å². The molecule has 5 rings (SSSR count). The molecule has 1 spiro atoms. The number of hydrogen-bond acceptors (Lipinski definition) is 8. The maximum Gasteiger partial charge on any atom is 0.312 e. The van der Waals surface area contributed by atoms with Crippen LogP contribution in [-0.2, 0) is 30.5 Å². The first kappa shape index (κ1) is 25.8. The van der Waals surface area contributed by atoms with Crippen LogP contribution < -0.4 is 0 Å². The van der Waals surface area contributed by atoms with Gasteiger partial charge in [-0.3, -0.25) is 14.4 Å². The van der Waals surface area contributed by atoms with Gasteiger partial charge >= 0.3 is 5.97 Å². The summed E-state index contributed by atoms with van der Waals surface area (Å²) in [4.78, 5) is 43.9. The Morgan fingerprint density at radius 3 is 2.92 bits per heavy atom. The van der Waals surface area contributed by atoms with Crippen molar-refractivity contribution >= 4 is 44.7 Å². The number of aliphatic hydroxyl groups is 1. The summed E-state index contributed by atoms with van der Waals surface area (Å²) in [6, 6.07) is 6.46. The summed E-state index contributed by atoms with van der Waals surface area (Å²) in [5.74, 6) is -2.80. The van der Waals surface area contributed by atoms with Crippen molar-refractivity contribution in [1.29, 1.82) is 0 Å². The summed E-state index contributed by atoms with van der Waals surface area (Å²) in [6.45, 7) is 6.02. The van der Waals surface area contributed by atoms with Crippen LogP contribution in [0.15, 0.2) is 36.9 Å². The van der Waals surface area contributed by atoms with Gasteiger partial charge in [-0.15, -0.1) is 11.7 Å². The highest BCUT2D eigenvalue weighted by atomic mass is 79.9. The first-order valence-corrected chi connectivity index (χ1v) is 13.4. The molecule has 3 saturated heterocycles. The third-order valence-corrected chi connectivity index (χ3v) is 8.37. The average molecular weight is 576 g/mol. The minimum atomic E-state index is -1.19. The van der Waals surface area contributed by atoms with Crippen LogP contribution >= 0.6 is 15.9 Å². The molecule has 2 aromatic rings. The molecule has 3 aliphatic heterocycles. The van der Waals surface area contributed by atoms with Gasteiger partial charge in [0, 0.05) is 24.5 Å². The van der Waals surface area contributed by atoms with Crippen molar-refractivity contribution in [2.24, 2.45) is 11.8 Å². The molecule has 11 nitrogen and oxygen atoms in total. The van der Waals surface area contributed by atoms with Crippen LogP contribution in [0, 0.1) is 11.8 Å². The number of hydrogen-bond donors (Lipinski definition) is 1. The fourth-order valence-electron chi connectivity index (χ4n) is 6.13. The number of amides is 2. The number of likely N-dealkylation sites (tertiary alicyclic amines) is 1. The number of ether oxygens (including phenoxy) is 2. The fourth-order valence-corrected chi connectivity index (χ4v) is 7.07. The van der Waals surface area contributed by atoms with Crippen LogP contribution in [0.25, 0.3) is 11.0 Å². The number of aliphatic hydroxyl groups excluding tert-OH is 1. The van der Waals surface area contributed by atoms with Crippen molar-refractivity contribution < 1.29 is 29.0 Å². The third-order valence-electron chi connectivity index (χ3n) is 7.53. The van der Waals surface area contributed by atoms with Crippen LogP contribution in [0.1, 0.15) is 19.8 Å². The largest absolute Gasteiger partial charge is 0.466 e. The van der Waals surface area contributed by atoms with E-state index in [4.69, 9.17) is 9.47 Å². The van der Waals surface area contributed by atoms with Crippen molar-refractivity contribution in [3.8, 4) is 0 Å². The van der Waals surface area contributed by atoms with Gasteiger partial charge in [0.25, 0.3) is 0 Å². The predicted octanol–water partition coefficient (Wildman–Crippen LogP) is 1.10. The fraction of sp³-hybridized carbons (Fsp3) is 0.560. The van der Waals surface area contributed by atoms with Crippen molar-refractivity contribution in [3.63, 3.8) is 0 Å². The van der Waals surface area contributed by atoms with Crippen LogP contribution in [0.2, 0.25) is 0 Å². The second-order valence-corrected chi connectivity index (χ2v) is 10.8. The maximum absolute atomic E-state index is 14.3. The second kappa shape index (κ2) is 10.1. The Balaban J connectivity index is 1.53. The van der Waals surface area contributed by atoms with E-state index in [0.717, 1.165) is 5.52 Å². The molecule has 0 aliphatic carbocycles. The topological polar surface area (TPSA) is 127 Å². The molecule has 2 amide bonds. The highest BCUT2D eigenvalue weighted by molar-refractivity contribution is 9.09. The first-order chi connectivity index (χ1) is 17.9. The number of esters is 1. The van der Waals surface area contributed by atoms with Crippen LogP contribution in [0.5, 0.6) is 0 Å². The molecule has 4 heterocycles. The number of alkyl halides is 1. The first-order valence-electron chi connectivity index (χ1n) is 12.5. The number of carbonyl (C=O) groups is 3. The van der Waals surface area contributed by atoms with Gasteiger partial charge in [-0.2, -0.15) is 0 Å². The highest BCUT2D eigenvalue weighted by Gasteiger charge is 2.77. The molecule has 1 aromatic heterocycles. The maximum atomic E-state index is 14.3. The Morgan fingerprint density at radius 2 is 2.19 bits per heavy atom. The van der Waals surface area contributed by atoms with Gasteiger partial charge in [0.1, 0.15) is 23.8 Å². The molecule has 37 heavy (non-hydrogen) atoms. The molecule has 0 saturated carbocycles. The molecule has 1 aromatic carbocycles. The Kier molecular flexibility index (Phi) is 7.08. The highest BCUT2D eigenvalue weighted by Crippen LogP contribution is 2.60. The molecule has 6 atom stereocenters. The lowest BCUT2D eigenvalue weighted by atomic mass is 9.70. The van der Waals surface area contributed by atoms with Gasteiger partial charge in [0.05, 0.1) is 30.1 Å². The van der Waals surface area contributed by atoms with E-state index in [1.807, 2.05) is 24.3 Å². The number of carbonyl (C=O) groups excluding carboxylic acids is 3. The molecule has 12 heteroatoms. The van der Waals surface area contributed by atoms with Crippen LogP contribution in [0.3, 0.4) is 0 Å². The van der Waals surface area contributed by atoms with E-state index >= 15 is 0 Å². The summed E-state index contributed by atoms with van der Waals surface area (Å²) >= 11 is 3.63. The summed E-state index contributed by atoms with van der Waals surface area (Å²) in [6.07, 6.45) is 1.72. The Morgan fingerprint density at radius 1 is 1.41 bits per heavy atom. The van der Waals surface area contributed by atoms with Crippen molar-refractivity contribution in [2.75, 3.05) is 26.3 Å². The van der Waals surface area contributed by atoms with Gasteiger partial charge in [0.2, 0.25) is 11.8 Å². The smallest absolute Gasteiger partial charge is 0.312 e. The minimum absolute atomic E-state index is 0.0904. The Bertz CT molecular complexity index is 1220. The number of rotatable bonds is 10. The molecular formula is C25H30BrN5O6. The molecule has 198 valence electrons. The van der Waals surface area contributed by atoms with E-state index in [2.05, 4.69) is 32.8 Å². The standard InChI is InChI=1S/C25H30BrN5O6/c1-3-10-29(14-31-17-9-6-5-8-16(17)27-28-31)23(34)21-25-13-15(26)20(37-25)18(24(35)36-4-2)19(25)22(33)30(21)11-7-12-32/h3,5-6,8-9,15,18-21,32H,1,4,7,10-14H2,2H3/t15?,18-,19+,20-,21?,25?/m1/s1. The predicted molar refractivity (Wildman–Crippen MR) is 135 cm³/mol. The zero-order valence-corrected chi connectivity index (χ0v) is 22.1. The summed E-state index contributed by atoms with van der Waals surface area (Å²) < 4.78 is 13.4. The lowest BCUT2D eigenvalue weighted by Gasteiger charge is -2.37. The normalized spacial score (nSPS) is 30.1. The summed E-state index contributed by atoms with van der Waals surface area (Å²) in [5.41, 5.74) is 0.273. The van der Waals surface area contributed by atoms with Crippen molar-refractivity contribution in [3.05, 3.63) is 36.9 Å². The van der Waals surface area contributed by atoms with E-state index < -0.39 is 35.6 Å². The number of benzene rings is 1. The minimum Gasteiger partial charge on any atom is -0.466 e. The van der Waals surface area contributed by atoms with Gasteiger partial charge in [-0.1, -0.05) is 39.4 Å². The van der Waals surface area contributed by atoms with Crippen molar-refractivity contribution in [2.45, 2.75) is 49.0 Å². The number of nitrogens with zero attached hydrogens (tertiary/aromatic N) is 5. The lowest BCUT2D eigenvalue weighted by Crippen LogP contribution is -2.57. The number of para-hydroxylation sites is 1. The van der Waals surface area contributed by atoms with E-state index in [-0.39, 0.29) is 49.6 Å². The monoisotopic (exact) mass is 575 g/mol. The molecule has 3 aliphatic rings. The van der Waals surface area contributed by atoms with Gasteiger partial charge in [-0.25, -0.2) is 4.68 Å². The molecule has 1 N–H and O–H groups in total. The number of fused-ring (bicyclic) bond motifs is 2. The molecule has 0 radical (unpaired) electrons. The van der Waals surface area contributed by atoms with Gasteiger partial charge in [-0.05, 0) is 31.9 Å². The SMILES string of the molecule is C=CCN(Cn1nnc2ccccc21)C(=O)C1N(CCCO)C(=O)[C@@H]2[C@@H](C(=O)OCC)[C@@H]3OC12CC3Br. The molecule has 2 bridgehead atoms. The average Bonchev–Trinajstić information content (AvgIpc) is 3.60. The zero-order valence-electron chi connectivity index (χ0n) is 20.5. The second-order valence-electron chi connectivity index (χ2n) is 9.59. The van der Waals surface area contributed by atoms with E-state index in [0.29, 0.717) is 18.4 Å². The van der Waals surface area contributed by atoms with Crippen LogP contribution in [-0.4, -0.2) is 96.6 Å². The molecule has 3 fully saturated rings. The van der Waals surface area contributed by atoms with Gasteiger partial charge < -0.3 is 24.4 Å². The van der Waals surface area contributed by atoms with E-state index in [1.54, 1.807) is 22.6 Å². The number of halogens is 1. The van der Waals surface area contributed by atoms with Crippen LogP contribution in [0.4, 0.5) is 0 Å². The molecule has 3 unspecified atom stereocenters. The number of aromatic nitrogens is 3. The van der Waals surface area contributed by atoms with Gasteiger partial charge in [0.15, 0.2) is 0 Å². The summed E-state index contributed by atoms with van der Waals surface area (Å²) in [7, 11) is 0. The lowest BCUT2D eigenvalue weighted by molar-refractivity contribution is -0.155. The third kappa shape index (κ3) is 4.05. The van der Waals surface area contributed by atoms with Crippen molar-refractivity contribution in [1.82, 2.24) is 24.8 Å².